The van der Waals surface area contributed by atoms with Crippen LogP contribution in [0.1, 0.15) is 0 Å². The summed E-state index contributed by atoms with van der Waals surface area (Å²) in [5.74, 6) is 0. The van der Waals surface area contributed by atoms with Gasteiger partial charge in [-0.05, 0) is 0 Å². The molecule has 0 spiro atoms. The molecule has 9 nitrogen and oxygen atoms in total. The third kappa shape index (κ3) is 5.68. The second kappa shape index (κ2) is 8.06. The van der Waals surface area contributed by atoms with E-state index < -0.39 is 43.8 Å². The average molecular weight is 252 g/mol. The van der Waals surface area contributed by atoms with Crippen molar-refractivity contribution in [1.82, 2.24) is 5.32 Å². The van der Waals surface area contributed by atoms with Gasteiger partial charge in [-0.2, -0.15) is 0 Å². The molecule has 2 amide bonds. The Morgan fingerprint density at radius 2 is 1.76 bits per heavy atom. The van der Waals surface area contributed by atoms with Crippen LogP contribution in [-0.4, -0.2) is 80.6 Å². The second-order valence-corrected chi connectivity index (χ2v) is 3.14. The van der Waals surface area contributed by atoms with Crippen LogP contribution in [0.25, 0.3) is 0 Å². The van der Waals surface area contributed by atoms with Crippen molar-refractivity contribution in [3.63, 3.8) is 0 Å². The Hall–Kier alpha value is -1.10. The number of aliphatic hydroxyl groups excluding tert-OH is 6. The van der Waals surface area contributed by atoms with Crippen molar-refractivity contribution in [3.05, 3.63) is 0 Å². The van der Waals surface area contributed by atoms with E-state index in [2.05, 4.69) is 4.99 Å². The van der Waals surface area contributed by atoms with Crippen LogP contribution in [0.2, 0.25) is 0 Å². The lowest BCUT2D eigenvalue weighted by Gasteiger charge is -2.23. The average Bonchev–Trinajstić information content (AvgIpc) is 2.33. The van der Waals surface area contributed by atoms with Crippen molar-refractivity contribution < 1.29 is 35.4 Å². The van der Waals surface area contributed by atoms with Crippen LogP contribution in [0.4, 0.5) is 4.79 Å². The summed E-state index contributed by atoms with van der Waals surface area (Å²) in [4.78, 5) is 13.8. The van der Waals surface area contributed by atoms with Crippen molar-refractivity contribution in [3.8, 4) is 0 Å². The first-order valence-corrected chi connectivity index (χ1v) is 4.70. The van der Waals surface area contributed by atoms with Crippen LogP contribution in [0, 0.1) is 0 Å². The van der Waals surface area contributed by atoms with Gasteiger partial charge in [-0.1, -0.05) is 0 Å². The summed E-state index contributed by atoms with van der Waals surface area (Å²) >= 11 is 0. The van der Waals surface area contributed by atoms with Gasteiger partial charge in [-0.25, -0.2) is 9.79 Å². The molecule has 0 aromatic rings. The van der Waals surface area contributed by atoms with Crippen molar-refractivity contribution in [2.24, 2.45) is 4.99 Å². The second-order valence-electron chi connectivity index (χ2n) is 3.14. The maximum absolute atomic E-state index is 10.7. The number of hydrogen-bond donors (Lipinski definition) is 7. The van der Waals surface area contributed by atoms with E-state index in [4.69, 9.17) is 15.3 Å². The number of carbonyl (C=O) groups excluding carboxylic acids is 1. The van der Waals surface area contributed by atoms with Crippen LogP contribution >= 0.6 is 0 Å². The molecule has 100 valence electrons. The van der Waals surface area contributed by atoms with Crippen LogP contribution in [0.15, 0.2) is 4.99 Å². The molecule has 0 aliphatic carbocycles. The van der Waals surface area contributed by atoms with Crippen LogP contribution in [-0.2, 0) is 0 Å². The maximum Gasteiger partial charge on any atom is 0.342 e. The monoisotopic (exact) mass is 252 g/mol. The first-order chi connectivity index (χ1) is 7.93. The molecule has 0 fully saturated rings. The summed E-state index contributed by atoms with van der Waals surface area (Å²) in [5.41, 5.74) is 0. The van der Waals surface area contributed by atoms with Gasteiger partial charge in [-0.3, -0.25) is 0 Å². The fourth-order valence-corrected chi connectivity index (χ4v) is 0.883. The molecule has 0 rings (SSSR count). The van der Waals surface area contributed by atoms with E-state index >= 15 is 0 Å². The first-order valence-electron chi connectivity index (χ1n) is 4.70. The van der Waals surface area contributed by atoms with E-state index in [1.165, 1.54) is 0 Å². The van der Waals surface area contributed by atoms with Crippen molar-refractivity contribution in [2.75, 3.05) is 13.3 Å². The molecule has 0 heterocycles. The molecule has 0 radical (unpaired) electrons. The number of hydrogen-bond acceptors (Lipinski definition) is 7. The Morgan fingerprint density at radius 1 is 1.18 bits per heavy atom. The molecule has 0 aliphatic rings. The first kappa shape index (κ1) is 15.9. The molecular weight excluding hydrogens is 236 g/mol. The third-order valence-electron chi connectivity index (χ3n) is 1.86. The number of carbonyl (C=O) groups is 1. The molecule has 4 atom stereocenters. The summed E-state index contributed by atoms with van der Waals surface area (Å²) in [6, 6.07) is -0.948. The Kier molecular flexibility index (Phi) is 7.54. The molecular formula is C8H16N2O7. The number of aliphatic imine (C=N–C) groups is 1. The minimum absolute atomic E-state index is 0.628. The fourth-order valence-electron chi connectivity index (χ4n) is 0.883. The van der Waals surface area contributed by atoms with E-state index in [0.717, 1.165) is 0 Å². The molecule has 0 aromatic carbocycles. The van der Waals surface area contributed by atoms with Crippen LogP contribution in [0.3, 0.4) is 0 Å². The van der Waals surface area contributed by atoms with Gasteiger partial charge < -0.3 is 36.0 Å². The minimum Gasteiger partial charge on any atom is -0.394 e. The van der Waals surface area contributed by atoms with Crippen LogP contribution < -0.4 is 5.32 Å². The standard InChI is InChI=1S/C8H16N2O7/c11-2-5(14)7(16)6(15)4(13)1-9-8(17)10-3-12/h1,4-7,11-16H,2-3H2,(H,10,17)/t4-,5+,6-,7+/m1/s1. The number of urea groups is 1. The number of rotatable bonds is 6. The lowest BCUT2D eigenvalue weighted by atomic mass is 10.0. The Morgan fingerprint density at radius 3 is 2.24 bits per heavy atom. The number of nitrogens with one attached hydrogen (secondary N) is 1. The van der Waals surface area contributed by atoms with Gasteiger partial charge in [0.15, 0.2) is 0 Å². The highest BCUT2D eigenvalue weighted by Gasteiger charge is 2.29. The highest BCUT2D eigenvalue weighted by Crippen LogP contribution is 2.03. The molecule has 0 unspecified atom stereocenters. The van der Waals surface area contributed by atoms with Crippen molar-refractivity contribution >= 4 is 12.2 Å². The summed E-state index contributed by atoms with van der Waals surface area (Å²) < 4.78 is 0. The zero-order valence-electron chi connectivity index (χ0n) is 8.84. The lowest BCUT2D eigenvalue weighted by Crippen LogP contribution is -2.46. The Bertz CT molecular complexity index is 260. The van der Waals surface area contributed by atoms with Crippen molar-refractivity contribution in [2.45, 2.75) is 24.4 Å². The quantitative estimate of drug-likeness (QED) is 0.188. The predicted molar refractivity (Wildman–Crippen MR) is 55.2 cm³/mol. The molecule has 7 N–H and O–H groups in total. The predicted octanol–water partition coefficient (Wildman–Crippen LogP) is -3.85. The number of amides is 2. The number of nitrogens with zero attached hydrogens (tertiary/aromatic N) is 1. The summed E-state index contributed by atoms with van der Waals surface area (Å²) in [5, 5.41) is 55.4. The van der Waals surface area contributed by atoms with E-state index in [0.29, 0.717) is 6.21 Å². The van der Waals surface area contributed by atoms with Gasteiger partial charge in [0.2, 0.25) is 0 Å². The fraction of sp³-hybridized carbons (Fsp3) is 0.750. The third-order valence-corrected chi connectivity index (χ3v) is 1.86. The molecule has 17 heavy (non-hydrogen) atoms. The minimum atomic E-state index is -1.82. The van der Waals surface area contributed by atoms with E-state index in [9.17, 15) is 20.1 Å². The summed E-state index contributed by atoms with van der Waals surface area (Å²) in [7, 11) is 0. The molecule has 0 aromatic heterocycles. The largest absolute Gasteiger partial charge is 0.394 e. The zero-order valence-corrected chi connectivity index (χ0v) is 8.84. The van der Waals surface area contributed by atoms with E-state index in [1.54, 1.807) is 0 Å². The van der Waals surface area contributed by atoms with Crippen LogP contribution in [0.5, 0.6) is 0 Å². The van der Waals surface area contributed by atoms with Gasteiger partial charge in [0.1, 0.15) is 31.1 Å². The zero-order chi connectivity index (χ0) is 13.4. The Balaban J connectivity index is 4.30. The Labute approximate surface area is 96.7 Å². The maximum atomic E-state index is 10.7. The summed E-state index contributed by atoms with van der Waals surface area (Å²) in [6.45, 7) is -1.44. The van der Waals surface area contributed by atoms with Gasteiger partial charge in [0.25, 0.3) is 0 Å². The smallest absolute Gasteiger partial charge is 0.342 e. The highest BCUT2D eigenvalue weighted by atomic mass is 16.4. The van der Waals surface area contributed by atoms with Gasteiger partial charge in [-0.15, -0.1) is 0 Å². The SMILES string of the molecule is O=C(N=C[C@@H](O)[C@@H](O)[C@@H](O)[C@@H](O)CO)NCO. The summed E-state index contributed by atoms with van der Waals surface area (Å²) in [6.07, 6.45) is -6.32. The lowest BCUT2D eigenvalue weighted by molar-refractivity contribution is -0.0999. The number of aliphatic hydroxyl groups is 6. The normalized spacial score (nSPS) is 18.7. The molecule has 0 aliphatic heterocycles. The van der Waals surface area contributed by atoms with Gasteiger partial charge in [0, 0.05) is 6.21 Å². The molecule has 0 saturated carbocycles. The van der Waals surface area contributed by atoms with Crippen molar-refractivity contribution in [1.29, 1.82) is 0 Å². The van der Waals surface area contributed by atoms with Gasteiger partial charge >= 0.3 is 6.03 Å². The van der Waals surface area contributed by atoms with E-state index in [1.807, 2.05) is 5.32 Å². The highest BCUT2D eigenvalue weighted by molar-refractivity contribution is 5.84. The van der Waals surface area contributed by atoms with E-state index in [-0.39, 0.29) is 0 Å². The van der Waals surface area contributed by atoms with Gasteiger partial charge in [0.05, 0.1) is 6.61 Å². The molecule has 0 bridgehead atoms. The molecule has 0 saturated heterocycles. The molecule has 9 heteroatoms. The topological polar surface area (TPSA) is 163 Å².